The molecular formula is C12H16N4O2S. The molecule has 0 bridgehead atoms. The van der Waals surface area contributed by atoms with Gasteiger partial charge in [-0.15, -0.1) is 11.3 Å². The van der Waals surface area contributed by atoms with Crippen molar-refractivity contribution in [3.8, 4) is 0 Å². The first-order valence-electron chi connectivity index (χ1n) is 6.11. The van der Waals surface area contributed by atoms with Crippen molar-refractivity contribution < 1.29 is 9.32 Å². The van der Waals surface area contributed by atoms with Gasteiger partial charge in [0, 0.05) is 17.5 Å². The Morgan fingerprint density at radius 2 is 2.42 bits per heavy atom. The van der Waals surface area contributed by atoms with E-state index >= 15 is 0 Å². The van der Waals surface area contributed by atoms with Gasteiger partial charge in [0.15, 0.2) is 10.8 Å². The molecule has 2 N–H and O–H groups in total. The Kier molecular flexibility index (Phi) is 4.64. The zero-order chi connectivity index (χ0) is 13.7. The van der Waals surface area contributed by atoms with Gasteiger partial charge >= 0.3 is 0 Å². The summed E-state index contributed by atoms with van der Waals surface area (Å²) >= 11 is 1.40. The number of amides is 1. The van der Waals surface area contributed by atoms with Crippen LogP contribution in [0.1, 0.15) is 42.5 Å². The SMILES string of the molecule is CCCNC(C)c1csc(NC(=O)c2ccon2)n1. The van der Waals surface area contributed by atoms with Crippen molar-refractivity contribution in [1.82, 2.24) is 15.5 Å². The number of aromatic nitrogens is 2. The molecule has 0 saturated heterocycles. The molecule has 7 heteroatoms. The molecule has 1 amide bonds. The van der Waals surface area contributed by atoms with Crippen molar-refractivity contribution in [3.05, 3.63) is 29.1 Å². The Labute approximate surface area is 115 Å². The first-order chi connectivity index (χ1) is 9.20. The minimum atomic E-state index is -0.316. The van der Waals surface area contributed by atoms with Gasteiger partial charge in [0.1, 0.15) is 6.26 Å². The summed E-state index contributed by atoms with van der Waals surface area (Å²) in [5.41, 5.74) is 1.17. The van der Waals surface area contributed by atoms with Gasteiger partial charge in [-0.2, -0.15) is 0 Å². The van der Waals surface area contributed by atoms with E-state index in [1.807, 2.05) is 12.3 Å². The van der Waals surface area contributed by atoms with Gasteiger partial charge in [0.25, 0.3) is 5.91 Å². The zero-order valence-corrected chi connectivity index (χ0v) is 11.7. The number of hydrogen-bond donors (Lipinski definition) is 2. The molecule has 0 aliphatic carbocycles. The van der Waals surface area contributed by atoms with Crippen molar-refractivity contribution in [2.75, 3.05) is 11.9 Å². The Balaban J connectivity index is 1.95. The highest BCUT2D eigenvalue weighted by atomic mass is 32.1. The highest BCUT2D eigenvalue weighted by Crippen LogP contribution is 2.20. The molecular weight excluding hydrogens is 264 g/mol. The van der Waals surface area contributed by atoms with E-state index in [-0.39, 0.29) is 17.6 Å². The van der Waals surface area contributed by atoms with Crippen molar-refractivity contribution in [3.63, 3.8) is 0 Å². The van der Waals surface area contributed by atoms with Crippen molar-refractivity contribution in [2.45, 2.75) is 26.3 Å². The first-order valence-corrected chi connectivity index (χ1v) is 6.99. The summed E-state index contributed by atoms with van der Waals surface area (Å²) in [4.78, 5) is 16.1. The monoisotopic (exact) mass is 280 g/mol. The number of rotatable bonds is 6. The first kappa shape index (κ1) is 13.7. The maximum atomic E-state index is 11.7. The van der Waals surface area contributed by atoms with Crippen molar-refractivity contribution >= 4 is 22.4 Å². The molecule has 0 aromatic carbocycles. The quantitative estimate of drug-likeness (QED) is 0.849. The lowest BCUT2D eigenvalue weighted by Gasteiger charge is -2.09. The molecule has 0 radical (unpaired) electrons. The summed E-state index contributed by atoms with van der Waals surface area (Å²) < 4.78 is 4.62. The average molecular weight is 280 g/mol. The average Bonchev–Trinajstić information content (AvgIpc) is 3.06. The smallest absolute Gasteiger partial charge is 0.279 e. The van der Waals surface area contributed by atoms with Crippen molar-refractivity contribution in [2.24, 2.45) is 0 Å². The highest BCUT2D eigenvalue weighted by molar-refractivity contribution is 7.14. The highest BCUT2D eigenvalue weighted by Gasteiger charge is 2.13. The fraction of sp³-hybridized carbons (Fsp3) is 0.417. The third-order valence-electron chi connectivity index (χ3n) is 2.56. The van der Waals surface area contributed by atoms with Crippen LogP contribution in [0.2, 0.25) is 0 Å². The summed E-state index contributed by atoms with van der Waals surface area (Å²) in [5.74, 6) is -0.316. The van der Waals surface area contributed by atoms with Crippen LogP contribution >= 0.6 is 11.3 Å². The summed E-state index contributed by atoms with van der Waals surface area (Å²) in [6, 6.07) is 1.68. The topological polar surface area (TPSA) is 80.0 Å². The number of nitrogens with one attached hydrogen (secondary N) is 2. The summed E-state index contributed by atoms with van der Waals surface area (Å²) in [5, 5.41) is 12.1. The van der Waals surface area contributed by atoms with E-state index in [0.717, 1.165) is 18.7 Å². The number of carbonyl (C=O) groups is 1. The van der Waals surface area contributed by atoms with Gasteiger partial charge in [0.05, 0.1) is 5.69 Å². The second-order valence-electron chi connectivity index (χ2n) is 4.09. The molecule has 1 atom stereocenters. The molecule has 2 aromatic rings. The van der Waals surface area contributed by atoms with E-state index in [1.54, 1.807) is 0 Å². The molecule has 2 rings (SSSR count). The third-order valence-corrected chi connectivity index (χ3v) is 3.33. The molecule has 102 valence electrons. The van der Waals surface area contributed by atoms with Crippen LogP contribution in [0.15, 0.2) is 22.2 Å². The van der Waals surface area contributed by atoms with E-state index in [0.29, 0.717) is 5.13 Å². The van der Waals surface area contributed by atoms with Gasteiger partial charge in [-0.05, 0) is 19.9 Å². The van der Waals surface area contributed by atoms with Crippen LogP contribution in [-0.4, -0.2) is 22.6 Å². The number of anilines is 1. The molecule has 2 heterocycles. The van der Waals surface area contributed by atoms with Gasteiger partial charge in [-0.1, -0.05) is 12.1 Å². The lowest BCUT2D eigenvalue weighted by atomic mass is 10.2. The third kappa shape index (κ3) is 3.62. The largest absolute Gasteiger partial charge is 0.364 e. The number of nitrogens with zero attached hydrogens (tertiary/aromatic N) is 2. The Morgan fingerprint density at radius 3 is 3.11 bits per heavy atom. The van der Waals surface area contributed by atoms with E-state index in [2.05, 4.69) is 32.2 Å². The van der Waals surface area contributed by atoms with Gasteiger partial charge in [-0.25, -0.2) is 4.98 Å². The zero-order valence-electron chi connectivity index (χ0n) is 10.8. The Bertz CT molecular complexity index is 524. The van der Waals surface area contributed by atoms with Crippen LogP contribution in [0.3, 0.4) is 0 Å². The minimum absolute atomic E-state index is 0.175. The molecule has 6 nitrogen and oxygen atoms in total. The summed E-state index contributed by atoms with van der Waals surface area (Å²) in [6.45, 7) is 5.11. The molecule has 19 heavy (non-hydrogen) atoms. The number of hydrogen-bond acceptors (Lipinski definition) is 6. The summed E-state index contributed by atoms with van der Waals surface area (Å²) in [7, 11) is 0. The predicted molar refractivity (Wildman–Crippen MR) is 73.3 cm³/mol. The van der Waals surface area contributed by atoms with E-state index in [9.17, 15) is 4.79 Å². The van der Waals surface area contributed by atoms with Gasteiger partial charge in [-0.3, -0.25) is 10.1 Å². The van der Waals surface area contributed by atoms with Crippen LogP contribution in [-0.2, 0) is 0 Å². The van der Waals surface area contributed by atoms with E-state index in [4.69, 9.17) is 0 Å². The lowest BCUT2D eigenvalue weighted by Crippen LogP contribution is -2.19. The Morgan fingerprint density at radius 1 is 1.58 bits per heavy atom. The lowest BCUT2D eigenvalue weighted by molar-refractivity contribution is 0.101. The molecule has 0 saturated carbocycles. The maximum absolute atomic E-state index is 11.7. The standard InChI is InChI=1S/C12H16N4O2S/c1-3-5-13-8(2)10-7-19-12(14-10)15-11(17)9-4-6-18-16-9/h4,6-8,13H,3,5H2,1-2H3,(H,14,15,17). The van der Waals surface area contributed by atoms with Crippen LogP contribution < -0.4 is 10.6 Å². The second kappa shape index (κ2) is 6.44. The Hall–Kier alpha value is -1.73. The molecule has 0 aliphatic rings. The molecule has 0 fully saturated rings. The van der Waals surface area contributed by atoms with Crippen LogP contribution in [0.4, 0.5) is 5.13 Å². The van der Waals surface area contributed by atoms with Crippen LogP contribution in [0, 0.1) is 0 Å². The number of thiazole rings is 1. The van der Waals surface area contributed by atoms with Gasteiger partial charge in [0.2, 0.25) is 0 Å². The normalized spacial score (nSPS) is 12.3. The molecule has 2 aromatic heterocycles. The van der Waals surface area contributed by atoms with E-state index < -0.39 is 0 Å². The fourth-order valence-corrected chi connectivity index (χ4v) is 2.30. The molecule has 1 unspecified atom stereocenters. The van der Waals surface area contributed by atoms with Crippen LogP contribution in [0.25, 0.3) is 0 Å². The molecule has 0 spiro atoms. The fourth-order valence-electron chi connectivity index (χ4n) is 1.50. The minimum Gasteiger partial charge on any atom is -0.364 e. The van der Waals surface area contributed by atoms with Gasteiger partial charge < -0.3 is 9.84 Å². The predicted octanol–water partition coefficient (Wildman–Crippen LogP) is 2.44. The number of carbonyl (C=O) groups excluding carboxylic acids is 1. The summed E-state index contributed by atoms with van der Waals surface area (Å²) in [6.07, 6.45) is 2.43. The second-order valence-corrected chi connectivity index (χ2v) is 4.95. The van der Waals surface area contributed by atoms with E-state index in [1.165, 1.54) is 23.7 Å². The molecule has 0 aliphatic heterocycles. The maximum Gasteiger partial charge on any atom is 0.279 e. The van der Waals surface area contributed by atoms with Crippen molar-refractivity contribution in [1.29, 1.82) is 0 Å². The van der Waals surface area contributed by atoms with Crippen LogP contribution in [0.5, 0.6) is 0 Å².